The average Bonchev–Trinajstić information content (AvgIpc) is 3.20. The molecule has 0 saturated carbocycles. The molecular formula is C17H22N6O5. The number of amides is 1. The van der Waals surface area contributed by atoms with Crippen molar-refractivity contribution in [3.05, 3.63) is 18.1 Å². The van der Waals surface area contributed by atoms with Gasteiger partial charge in [0.15, 0.2) is 6.23 Å². The smallest absolute Gasteiger partial charge is 0.245 e. The molecule has 150 valence electrons. The van der Waals surface area contributed by atoms with Crippen LogP contribution >= 0.6 is 0 Å². The molecule has 2 aromatic heterocycles. The first-order chi connectivity index (χ1) is 13.2. The molecule has 0 radical (unpaired) electrons. The van der Waals surface area contributed by atoms with E-state index in [0.717, 1.165) is 0 Å². The number of fused-ring (bicyclic) bond motifs is 1. The zero-order valence-electron chi connectivity index (χ0n) is 15.6. The number of hydrogen-bond acceptors (Lipinski definition) is 9. The summed E-state index contributed by atoms with van der Waals surface area (Å²) in [6.45, 7) is 2.90. The van der Waals surface area contributed by atoms with Crippen molar-refractivity contribution in [3.63, 3.8) is 0 Å². The maximum Gasteiger partial charge on any atom is 0.245 e. The molecule has 0 aromatic carbocycles. The summed E-state index contributed by atoms with van der Waals surface area (Å²) in [5, 5.41) is 45.0. The summed E-state index contributed by atoms with van der Waals surface area (Å²) in [4.78, 5) is 20.7. The van der Waals surface area contributed by atoms with E-state index in [1.807, 2.05) is 6.07 Å². The zero-order chi connectivity index (χ0) is 20.6. The predicted molar refractivity (Wildman–Crippen MR) is 97.0 cm³/mol. The summed E-state index contributed by atoms with van der Waals surface area (Å²) in [5.41, 5.74) is -0.486. The Kier molecular flexibility index (Phi) is 5.33. The first-order valence-electron chi connectivity index (χ1n) is 8.63. The highest BCUT2D eigenvalue weighted by atomic mass is 16.6. The quantitative estimate of drug-likeness (QED) is 0.424. The van der Waals surface area contributed by atoms with E-state index >= 15 is 0 Å². The maximum absolute atomic E-state index is 12.5. The van der Waals surface area contributed by atoms with E-state index in [4.69, 9.17) is 4.74 Å². The fraction of sp³-hybridized carbons (Fsp3) is 0.529. The summed E-state index contributed by atoms with van der Waals surface area (Å²) in [6, 6.07) is 2.01. The largest absolute Gasteiger partial charge is 0.394 e. The number of carbonyl (C=O) groups excluding carboxylic acids is 1. The number of rotatable bonds is 5. The topological polar surface area (TPSA) is 166 Å². The van der Waals surface area contributed by atoms with Crippen molar-refractivity contribution in [1.29, 1.82) is 5.26 Å². The van der Waals surface area contributed by atoms with Crippen LogP contribution in [0.15, 0.2) is 12.5 Å². The van der Waals surface area contributed by atoms with Gasteiger partial charge in [0.1, 0.15) is 42.2 Å². The molecule has 1 fully saturated rings. The fourth-order valence-corrected chi connectivity index (χ4v) is 2.95. The van der Waals surface area contributed by atoms with Gasteiger partial charge in [-0.15, -0.1) is 0 Å². The SMILES string of the molecule is CNC(C)(C)C(=O)Nc1ncnc2c1c(C#N)cn2[C@@H]1O[C@H](CO)C(O)[C@@H]1O. The van der Waals surface area contributed by atoms with E-state index in [-0.39, 0.29) is 28.3 Å². The van der Waals surface area contributed by atoms with Gasteiger partial charge in [-0.2, -0.15) is 5.26 Å². The van der Waals surface area contributed by atoms with Gasteiger partial charge in [-0.05, 0) is 20.9 Å². The minimum Gasteiger partial charge on any atom is -0.394 e. The van der Waals surface area contributed by atoms with Crippen molar-refractivity contribution in [2.45, 2.75) is 43.9 Å². The number of nitriles is 1. The summed E-state index contributed by atoms with van der Waals surface area (Å²) >= 11 is 0. The molecule has 11 nitrogen and oxygen atoms in total. The standard InChI is InChI=1S/C17H22N6O5/c1-17(2,19-3)16(27)22-13-10-8(4-18)5-23(14(10)21-7-20-13)15-12(26)11(25)9(6-24)28-15/h5,7,9,11-12,15,19,24-26H,6H2,1-3H3,(H,20,21,22,27)/t9-,11?,12+,15-/m1/s1. The molecular weight excluding hydrogens is 368 g/mol. The van der Waals surface area contributed by atoms with E-state index in [1.54, 1.807) is 20.9 Å². The Morgan fingerprint density at radius 3 is 2.68 bits per heavy atom. The number of ether oxygens (including phenoxy) is 1. The van der Waals surface area contributed by atoms with E-state index in [9.17, 15) is 25.4 Å². The Hall–Kier alpha value is -2.62. The molecule has 1 aliphatic rings. The number of nitrogens with one attached hydrogen (secondary N) is 2. The van der Waals surface area contributed by atoms with Gasteiger partial charge in [0.25, 0.3) is 0 Å². The van der Waals surface area contributed by atoms with Crippen LogP contribution in [0.4, 0.5) is 5.82 Å². The average molecular weight is 390 g/mol. The summed E-state index contributed by atoms with van der Waals surface area (Å²) in [5.74, 6) is -0.222. The Morgan fingerprint density at radius 1 is 1.39 bits per heavy atom. The number of aliphatic hydroxyl groups excluding tert-OH is 3. The molecule has 0 bridgehead atoms. The third kappa shape index (κ3) is 3.21. The first kappa shape index (κ1) is 20.1. The van der Waals surface area contributed by atoms with Crippen molar-refractivity contribution in [1.82, 2.24) is 19.9 Å². The van der Waals surface area contributed by atoms with Crippen LogP contribution in [0.3, 0.4) is 0 Å². The fourth-order valence-electron chi connectivity index (χ4n) is 2.95. The van der Waals surface area contributed by atoms with Gasteiger partial charge in [0.2, 0.25) is 5.91 Å². The molecule has 1 unspecified atom stereocenters. The highest BCUT2D eigenvalue weighted by Gasteiger charge is 2.44. The molecule has 3 rings (SSSR count). The second-order valence-corrected chi connectivity index (χ2v) is 7.04. The summed E-state index contributed by atoms with van der Waals surface area (Å²) in [6.07, 6.45) is -2.06. The normalized spacial score (nSPS) is 25.0. The van der Waals surface area contributed by atoms with Crippen molar-refractivity contribution >= 4 is 22.8 Å². The second-order valence-electron chi connectivity index (χ2n) is 7.04. The summed E-state index contributed by atoms with van der Waals surface area (Å²) in [7, 11) is 1.65. The highest BCUT2D eigenvalue weighted by molar-refractivity contribution is 6.04. The molecule has 2 aromatic rings. The third-order valence-corrected chi connectivity index (χ3v) is 4.95. The Labute approximate surface area is 160 Å². The van der Waals surface area contributed by atoms with Gasteiger partial charge in [0, 0.05) is 6.20 Å². The van der Waals surface area contributed by atoms with Gasteiger partial charge in [-0.1, -0.05) is 0 Å². The lowest BCUT2D eigenvalue weighted by atomic mass is 10.1. The molecule has 1 saturated heterocycles. The van der Waals surface area contributed by atoms with E-state index in [2.05, 4.69) is 20.6 Å². The molecule has 5 N–H and O–H groups in total. The first-order valence-corrected chi connectivity index (χ1v) is 8.63. The molecule has 3 heterocycles. The van der Waals surface area contributed by atoms with Crippen LogP contribution in [0.5, 0.6) is 0 Å². The Morgan fingerprint density at radius 2 is 2.11 bits per heavy atom. The van der Waals surface area contributed by atoms with Crippen molar-refractivity contribution in [2.75, 3.05) is 19.0 Å². The molecule has 1 amide bonds. The number of carbonyl (C=O) groups is 1. The zero-order valence-corrected chi connectivity index (χ0v) is 15.6. The molecule has 28 heavy (non-hydrogen) atoms. The highest BCUT2D eigenvalue weighted by Crippen LogP contribution is 2.35. The predicted octanol–water partition coefficient (Wildman–Crippen LogP) is -1.15. The minimum atomic E-state index is -1.34. The lowest BCUT2D eigenvalue weighted by Crippen LogP contribution is -2.48. The lowest BCUT2D eigenvalue weighted by Gasteiger charge is -2.22. The Bertz CT molecular complexity index is 936. The summed E-state index contributed by atoms with van der Waals surface area (Å²) < 4.78 is 6.91. The second kappa shape index (κ2) is 7.42. The maximum atomic E-state index is 12.5. The molecule has 11 heteroatoms. The van der Waals surface area contributed by atoms with Crippen molar-refractivity contribution in [3.8, 4) is 6.07 Å². The van der Waals surface area contributed by atoms with Gasteiger partial charge in [-0.3, -0.25) is 4.79 Å². The number of aromatic nitrogens is 3. The number of nitrogens with zero attached hydrogens (tertiary/aromatic N) is 4. The van der Waals surface area contributed by atoms with E-state index in [0.29, 0.717) is 0 Å². The van der Waals surface area contributed by atoms with Crippen LogP contribution in [-0.4, -0.2) is 73.3 Å². The molecule has 0 spiro atoms. The number of anilines is 1. The molecule has 1 aliphatic heterocycles. The van der Waals surface area contributed by atoms with Gasteiger partial charge in [0.05, 0.1) is 23.1 Å². The molecule has 0 aliphatic carbocycles. The van der Waals surface area contributed by atoms with Crippen LogP contribution in [0, 0.1) is 11.3 Å². The lowest BCUT2D eigenvalue weighted by molar-refractivity contribution is -0.121. The van der Waals surface area contributed by atoms with Gasteiger partial charge < -0.3 is 35.3 Å². The molecule has 4 atom stereocenters. The third-order valence-electron chi connectivity index (χ3n) is 4.95. The van der Waals surface area contributed by atoms with Crippen LogP contribution < -0.4 is 10.6 Å². The number of hydrogen-bond donors (Lipinski definition) is 5. The number of aliphatic hydroxyl groups is 3. The monoisotopic (exact) mass is 390 g/mol. The van der Waals surface area contributed by atoms with Crippen molar-refractivity contribution < 1.29 is 24.9 Å². The van der Waals surface area contributed by atoms with Crippen LogP contribution in [0.2, 0.25) is 0 Å². The van der Waals surface area contributed by atoms with Gasteiger partial charge in [-0.25, -0.2) is 9.97 Å². The van der Waals surface area contributed by atoms with Crippen LogP contribution in [0.1, 0.15) is 25.6 Å². The van der Waals surface area contributed by atoms with Crippen LogP contribution in [0.25, 0.3) is 11.0 Å². The Balaban J connectivity index is 2.07. The van der Waals surface area contributed by atoms with E-state index < -0.39 is 36.7 Å². The van der Waals surface area contributed by atoms with Crippen LogP contribution in [-0.2, 0) is 9.53 Å². The minimum absolute atomic E-state index is 0.139. The van der Waals surface area contributed by atoms with Crippen molar-refractivity contribution in [2.24, 2.45) is 0 Å². The van der Waals surface area contributed by atoms with Gasteiger partial charge >= 0.3 is 0 Å². The van der Waals surface area contributed by atoms with E-state index in [1.165, 1.54) is 17.1 Å². The number of likely N-dealkylation sites (N-methyl/N-ethyl adjacent to an activating group) is 1.